The van der Waals surface area contributed by atoms with E-state index in [1.165, 1.54) is 21.1 Å². The lowest BCUT2D eigenvalue weighted by Crippen LogP contribution is -2.10. The SMILES string of the molecule is COC(=O)CCc1c(C=O)[nH]c(COC(C)=O)c1CC(=O)OC. The molecule has 0 aliphatic heterocycles. The quantitative estimate of drug-likeness (QED) is 0.425. The summed E-state index contributed by atoms with van der Waals surface area (Å²) in [6.07, 6.45) is 0.749. The van der Waals surface area contributed by atoms with Gasteiger partial charge in [0.2, 0.25) is 0 Å². The second kappa shape index (κ2) is 8.72. The highest BCUT2D eigenvalue weighted by Crippen LogP contribution is 2.22. The molecule has 1 aromatic heterocycles. The highest BCUT2D eigenvalue weighted by molar-refractivity contribution is 5.80. The lowest BCUT2D eigenvalue weighted by molar-refractivity contribution is -0.142. The highest BCUT2D eigenvalue weighted by Gasteiger charge is 2.21. The summed E-state index contributed by atoms with van der Waals surface area (Å²) < 4.78 is 14.1. The summed E-state index contributed by atoms with van der Waals surface area (Å²) in [5, 5.41) is 0. The molecule has 0 radical (unpaired) electrons. The zero-order valence-electron chi connectivity index (χ0n) is 13.3. The number of aromatic amines is 1. The van der Waals surface area contributed by atoms with Gasteiger partial charge in [-0.3, -0.25) is 19.2 Å². The summed E-state index contributed by atoms with van der Waals surface area (Å²) in [7, 11) is 2.51. The molecule has 0 aliphatic carbocycles. The number of carbonyl (C=O) groups is 4. The van der Waals surface area contributed by atoms with Crippen LogP contribution in [0.15, 0.2) is 0 Å². The predicted octanol–water partition coefficient (Wildman–Crippen LogP) is 0.711. The number of rotatable bonds is 8. The van der Waals surface area contributed by atoms with Gasteiger partial charge in [-0.05, 0) is 17.5 Å². The topological polar surface area (TPSA) is 112 Å². The third-order valence-corrected chi connectivity index (χ3v) is 3.23. The number of aldehydes is 1. The van der Waals surface area contributed by atoms with Crippen molar-refractivity contribution in [1.82, 2.24) is 4.98 Å². The number of methoxy groups -OCH3 is 2. The first-order valence-electron chi connectivity index (χ1n) is 6.87. The zero-order valence-corrected chi connectivity index (χ0v) is 13.3. The van der Waals surface area contributed by atoms with Gasteiger partial charge in [0.25, 0.3) is 0 Å². The van der Waals surface area contributed by atoms with Gasteiger partial charge in [-0.1, -0.05) is 0 Å². The summed E-state index contributed by atoms with van der Waals surface area (Å²) in [5.41, 5.74) is 1.66. The van der Waals surface area contributed by atoms with Gasteiger partial charge < -0.3 is 19.2 Å². The van der Waals surface area contributed by atoms with Crippen molar-refractivity contribution in [2.75, 3.05) is 14.2 Å². The number of carbonyl (C=O) groups excluding carboxylic acids is 4. The van der Waals surface area contributed by atoms with E-state index in [2.05, 4.69) is 14.5 Å². The Labute approximate surface area is 133 Å². The van der Waals surface area contributed by atoms with Gasteiger partial charge in [0.15, 0.2) is 6.29 Å². The zero-order chi connectivity index (χ0) is 17.4. The smallest absolute Gasteiger partial charge is 0.310 e. The Kier molecular flexibility index (Phi) is 6.98. The van der Waals surface area contributed by atoms with E-state index in [1.807, 2.05) is 0 Å². The minimum absolute atomic E-state index is 0.0520. The minimum atomic E-state index is -0.509. The number of hydrogen-bond acceptors (Lipinski definition) is 7. The van der Waals surface area contributed by atoms with E-state index in [9.17, 15) is 19.2 Å². The molecule has 1 aromatic rings. The molecule has 1 rings (SSSR count). The normalized spacial score (nSPS) is 10.0. The van der Waals surface area contributed by atoms with E-state index in [4.69, 9.17) is 4.74 Å². The van der Waals surface area contributed by atoms with Crippen molar-refractivity contribution in [3.63, 3.8) is 0 Å². The van der Waals surface area contributed by atoms with E-state index in [1.54, 1.807) is 0 Å². The van der Waals surface area contributed by atoms with Crippen LogP contribution in [0.3, 0.4) is 0 Å². The van der Waals surface area contributed by atoms with Crippen LogP contribution in [0.4, 0.5) is 0 Å². The molecule has 0 amide bonds. The van der Waals surface area contributed by atoms with Crippen molar-refractivity contribution >= 4 is 24.2 Å². The second-order valence-corrected chi connectivity index (χ2v) is 4.70. The molecule has 0 saturated heterocycles. The number of esters is 3. The predicted molar refractivity (Wildman–Crippen MR) is 77.7 cm³/mol. The molecule has 0 bridgehead atoms. The van der Waals surface area contributed by atoms with Crippen molar-refractivity contribution < 1.29 is 33.4 Å². The standard InChI is InChI=1S/C15H19NO7/c1-9(18)23-8-13-11(6-15(20)22-3)10(12(7-17)16-13)4-5-14(19)21-2/h7,16H,4-6,8H2,1-3H3. The van der Waals surface area contributed by atoms with Crippen molar-refractivity contribution in [3.8, 4) is 0 Å². The molecule has 126 valence electrons. The van der Waals surface area contributed by atoms with Gasteiger partial charge >= 0.3 is 17.9 Å². The van der Waals surface area contributed by atoms with Crippen LogP contribution in [0.1, 0.15) is 40.7 Å². The first kappa shape index (κ1) is 18.4. The van der Waals surface area contributed by atoms with Gasteiger partial charge in [-0.2, -0.15) is 0 Å². The summed E-state index contributed by atoms with van der Waals surface area (Å²) in [4.78, 5) is 47.9. The van der Waals surface area contributed by atoms with Crippen molar-refractivity contribution in [3.05, 3.63) is 22.5 Å². The Hall–Kier alpha value is -2.64. The van der Waals surface area contributed by atoms with Crippen LogP contribution in [0.5, 0.6) is 0 Å². The second-order valence-electron chi connectivity index (χ2n) is 4.70. The Balaban J connectivity index is 3.15. The fraction of sp³-hybridized carbons (Fsp3) is 0.467. The molecule has 0 fully saturated rings. The highest BCUT2D eigenvalue weighted by atomic mass is 16.5. The molecule has 0 atom stereocenters. The third kappa shape index (κ3) is 5.24. The van der Waals surface area contributed by atoms with Crippen LogP contribution in [0.25, 0.3) is 0 Å². The Morgan fingerprint density at radius 2 is 1.74 bits per heavy atom. The van der Waals surface area contributed by atoms with E-state index < -0.39 is 17.9 Å². The molecule has 0 spiro atoms. The van der Waals surface area contributed by atoms with Crippen LogP contribution < -0.4 is 0 Å². The van der Waals surface area contributed by atoms with Crippen LogP contribution >= 0.6 is 0 Å². The first-order valence-corrected chi connectivity index (χ1v) is 6.87. The molecule has 8 heteroatoms. The fourth-order valence-corrected chi connectivity index (χ4v) is 2.10. The van der Waals surface area contributed by atoms with E-state index in [0.29, 0.717) is 23.1 Å². The van der Waals surface area contributed by atoms with Gasteiger partial charge in [0.05, 0.1) is 32.0 Å². The summed E-state index contributed by atoms with van der Waals surface area (Å²) in [5.74, 6) is -1.44. The number of aromatic nitrogens is 1. The van der Waals surface area contributed by atoms with Crippen LogP contribution in [-0.2, 0) is 48.0 Å². The average molecular weight is 325 g/mol. The molecule has 0 aromatic carbocycles. The first-order chi connectivity index (χ1) is 10.9. The number of ether oxygens (including phenoxy) is 3. The van der Waals surface area contributed by atoms with Crippen molar-refractivity contribution in [2.45, 2.75) is 32.8 Å². The van der Waals surface area contributed by atoms with Gasteiger partial charge in [-0.15, -0.1) is 0 Å². The molecular formula is C15H19NO7. The lowest BCUT2D eigenvalue weighted by Gasteiger charge is -2.07. The average Bonchev–Trinajstić information content (AvgIpc) is 2.87. The van der Waals surface area contributed by atoms with E-state index in [-0.39, 0.29) is 31.6 Å². The van der Waals surface area contributed by atoms with Crippen LogP contribution in [0.2, 0.25) is 0 Å². The summed E-state index contributed by atoms with van der Waals surface area (Å²) in [6, 6.07) is 0. The molecule has 8 nitrogen and oxygen atoms in total. The van der Waals surface area contributed by atoms with E-state index >= 15 is 0 Å². The van der Waals surface area contributed by atoms with E-state index in [0.717, 1.165) is 0 Å². The number of H-pyrrole nitrogens is 1. The molecule has 0 unspecified atom stereocenters. The number of hydrogen-bond donors (Lipinski definition) is 1. The monoisotopic (exact) mass is 325 g/mol. The Morgan fingerprint density at radius 1 is 1.09 bits per heavy atom. The molecular weight excluding hydrogens is 306 g/mol. The third-order valence-electron chi connectivity index (χ3n) is 3.23. The molecule has 1 N–H and O–H groups in total. The maximum absolute atomic E-state index is 11.6. The van der Waals surface area contributed by atoms with Crippen molar-refractivity contribution in [2.24, 2.45) is 0 Å². The van der Waals surface area contributed by atoms with Gasteiger partial charge in [0.1, 0.15) is 6.61 Å². The molecule has 23 heavy (non-hydrogen) atoms. The number of nitrogens with one attached hydrogen (secondary N) is 1. The van der Waals surface area contributed by atoms with Crippen LogP contribution in [0, 0.1) is 0 Å². The van der Waals surface area contributed by atoms with Gasteiger partial charge in [0, 0.05) is 13.3 Å². The molecule has 0 aliphatic rings. The largest absolute Gasteiger partial charge is 0.469 e. The molecule has 0 saturated carbocycles. The minimum Gasteiger partial charge on any atom is -0.469 e. The summed E-state index contributed by atoms with van der Waals surface area (Å²) >= 11 is 0. The van der Waals surface area contributed by atoms with Gasteiger partial charge in [-0.25, -0.2) is 0 Å². The Morgan fingerprint density at radius 3 is 2.26 bits per heavy atom. The molecule has 1 heterocycles. The Bertz CT molecular complexity index is 603. The summed E-state index contributed by atoms with van der Waals surface area (Å²) in [6.45, 7) is 1.14. The lowest BCUT2D eigenvalue weighted by atomic mass is 10.0. The van der Waals surface area contributed by atoms with Crippen molar-refractivity contribution in [1.29, 1.82) is 0 Å². The maximum atomic E-state index is 11.6. The fourth-order valence-electron chi connectivity index (χ4n) is 2.10. The maximum Gasteiger partial charge on any atom is 0.310 e. The van der Waals surface area contributed by atoms with Crippen LogP contribution in [-0.4, -0.2) is 43.4 Å².